The van der Waals surface area contributed by atoms with Gasteiger partial charge in [0.05, 0.1) is 6.04 Å². The lowest BCUT2D eigenvalue weighted by atomic mass is 9.88. The normalized spacial score (nSPS) is 21.2. The van der Waals surface area contributed by atoms with Gasteiger partial charge in [0.1, 0.15) is 0 Å². The second kappa shape index (κ2) is 6.64. The fraction of sp³-hybridized carbons (Fsp3) is 0.923. The molecule has 3 N–H and O–H groups in total. The Morgan fingerprint density at radius 3 is 2.41 bits per heavy atom. The van der Waals surface area contributed by atoms with Crippen LogP contribution in [0.15, 0.2) is 0 Å². The Morgan fingerprint density at radius 1 is 1.35 bits per heavy atom. The zero-order valence-electron chi connectivity index (χ0n) is 11.3. The van der Waals surface area contributed by atoms with Crippen molar-refractivity contribution in [2.45, 2.75) is 56.7 Å². The second-order valence-corrected chi connectivity index (χ2v) is 6.71. The third-order valence-corrected chi connectivity index (χ3v) is 5.22. The van der Waals surface area contributed by atoms with Gasteiger partial charge in [0.2, 0.25) is 5.91 Å². The largest absolute Gasteiger partial charge is 0.353 e. The molecule has 17 heavy (non-hydrogen) atoms. The fourth-order valence-electron chi connectivity index (χ4n) is 2.32. The molecular weight excluding hydrogens is 232 g/mol. The average molecular weight is 258 g/mol. The molecule has 1 atom stereocenters. The van der Waals surface area contributed by atoms with E-state index in [2.05, 4.69) is 11.6 Å². The van der Waals surface area contributed by atoms with Gasteiger partial charge >= 0.3 is 0 Å². The van der Waals surface area contributed by atoms with Crippen molar-refractivity contribution in [2.24, 2.45) is 11.7 Å². The van der Waals surface area contributed by atoms with Crippen LogP contribution in [-0.2, 0) is 4.79 Å². The van der Waals surface area contributed by atoms with Crippen molar-refractivity contribution in [1.82, 2.24) is 5.32 Å². The van der Waals surface area contributed by atoms with Gasteiger partial charge in [-0.05, 0) is 25.0 Å². The summed E-state index contributed by atoms with van der Waals surface area (Å²) >= 11 is 1.90. The van der Waals surface area contributed by atoms with E-state index < -0.39 is 0 Å². The van der Waals surface area contributed by atoms with Crippen molar-refractivity contribution in [2.75, 3.05) is 12.8 Å². The molecule has 1 fully saturated rings. The summed E-state index contributed by atoms with van der Waals surface area (Å²) in [5, 5.41) is 3.04. The number of amides is 1. The highest BCUT2D eigenvalue weighted by Gasteiger charge is 2.32. The lowest BCUT2D eigenvalue weighted by Crippen LogP contribution is -2.49. The van der Waals surface area contributed by atoms with E-state index >= 15 is 0 Å². The number of carbonyl (C=O) groups is 1. The highest BCUT2D eigenvalue weighted by molar-refractivity contribution is 8.00. The molecule has 0 aliphatic heterocycles. The van der Waals surface area contributed by atoms with Crippen LogP contribution in [0, 0.1) is 5.92 Å². The highest BCUT2D eigenvalue weighted by Crippen LogP contribution is 2.37. The standard InChI is InChI=1S/C13H26N2OS/c1-10(2)11(14)12(16)15-9-13(17-3)7-5-4-6-8-13/h10-11H,4-9,14H2,1-3H3,(H,15,16). The fourth-order valence-corrected chi connectivity index (χ4v) is 3.23. The Hall–Kier alpha value is -0.220. The third-order valence-electron chi connectivity index (χ3n) is 3.80. The summed E-state index contributed by atoms with van der Waals surface area (Å²) in [5.41, 5.74) is 5.84. The van der Waals surface area contributed by atoms with Crippen molar-refractivity contribution in [3.05, 3.63) is 0 Å². The topological polar surface area (TPSA) is 55.1 Å². The summed E-state index contributed by atoms with van der Waals surface area (Å²) in [5.74, 6) is 0.200. The van der Waals surface area contributed by atoms with Gasteiger partial charge in [-0.15, -0.1) is 0 Å². The van der Waals surface area contributed by atoms with Gasteiger partial charge in [-0.25, -0.2) is 0 Å². The first-order chi connectivity index (χ1) is 8.01. The Labute approximate surface area is 109 Å². The van der Waals surface area contributed by atoms with Crippen LogP contribution in [0.2, 0.25) is 0 Å². The van der Waals surface area contributed by atoms with Crippen LogP contribution in [-0.4, -0.2) is 29.5 Å². The molecule has 0 spiro atoms. The SMILES string of the molecule is CSC1(CNC(=O)C(N)C(C)C)CCCCC1. The maximum Gasteiger partial charge on any atom is 0.237 e. The molecule has 0 saturated heterocycles. The average Bonchev–Trinajstić information content (AvgIpc) is 2.36. The summed E-state index contributed by atoms with van der Waals surface area (Å²) in [6.45, 7) is 4.73. The van der Waals surface area contributed by atoms with E-state index in [4.69, 9.17) is 5.73 Å². The molecule has 0 aromatic rings. The first-order valence-electron chi connectivity index (χ1n) is 6.59. The monoisotopic (exact) mass is 258 g/mol. The molecule has 1 aliphatic rings. The van der Waals surface area contributed by atoms with Gasteiger partial charge in [-0.3, -0.25) is 4.79 Å². The summed E-state index contributed by atoms with van der Waals surface area (Å²) < 4.78 is 0.255. The summed E-state index contributed by atoms with van der Waals surface area (Å²) in [6, 6.07) is -0.377. The third kappa shape index (κ3) is 4.18. The number of hydrogen-bond acceptors (Lipinski definition) is 3. The molecule has 0 bridgehead atoms. The van der Waals surface area contributed by atoms with Crippen LogP contribution in [0.1, 0.15) is 46.0 Å². The van der Waals surface area contributed by atoms with E-state index in [-0.39, 0.29) is 22.6 Å². The van der Waals surface area contributed by atoms with E-state index in [1.807, 2.05) is 25.6 Å². The zero-order valence-corrected chi connectivity index (χ0v) is 12.1. The van der Waals surface area contributed by atoms with Gasteiger partial charge in [-0.2, -0.15) is 11.8 Å². The minimum absolute atomic E-state index is 0.000927. The maximum atomic E-state index is 11.8. The lowest BCUT2D eigenvalue weighted by Gasteiger charge is -2.36. The quantitative estimate of drug-likeness (QED) is 0.794. The van der Waals surface area contributed by atoms with Gasteiger partial charge in [0, 0.05) is 11.3 Å². The van der Waals surface area contributed by atoms with Gasteiger partial charge in [0.25, 0.3) is 0 Å². The van der Waals surface area contributed by atoms with Crippen LogP contribution in [0.25, 0.3) is 0 Å². The predicted octanol–water partition coefficient (Wildman–Crippen LogP) is 2.15. The Morgan fingerprint density at radius 2 is 1.94 bits per heavy atom. The van der Waals surface area contributed by atoms with Gasteiger partial charge in [-0.1, -0.05) is 33.1 Å². The van der Waals surface area contributed by atoms with Crippen LogP contribution in [0.5, 0.6) is 0 Å². The summed E-state index contributed by atoms with van der Waals surface area (Å²) in [7, 11) is 0. The Bertz CT molecular complexity index is 250. The zero-order chi connectivity index (χ0) is 12.9. The predicted molar refractivity (Wildman–Crippen MR) is 75.2 cm³/mol. The first kappa shape index (κ1) is 14.8. The first-order valence-corrected chi connectivity index (χ1v) is 7.82. The van der Waals surface area contributed by atoms with E-state index in [1.165, 1.54) is 32.1 Å². The highest BCUT2D eigenvalue weighted by atomic mass is 32.2. The van der Waals surface area contributed by atoms with E-state index in [1.54, 1.807) is 0 Å². The smallest absolute Gasteiger partial charge is 0.237 e. The molecule has 0 radical (unpaired) electrons. The Kier molecular flexibility index (Phi) is 5.80. The van der Waals surface area contributed by atoms with Gasteiger partial charge in [0.15, 0.2) is 0 Å². The number of nitrogens with two attached hydrogens (primary N) is 1. The number of rotatable bonds is 5. The number of carbonyl (C=O) groups excluding carboxylic acids is 1. The van der Waals surface area contributed by atoms with Gasteiger partial charge < -0.3 is 11.1 Å². The minimum Gasteiger partial charge on any atom is -0.353 e. The van der Waals surface area contributed by atoms with Crippen molar-refractivity contribution < 1.29 is 4.79 Å². The van der Waals surface area contributed by atoms with Crippen LogP contribution in [0.4, 0.5) is 0 Å². The Balaban J connectivity index is 2.44. The molecule has 1 unspecified atom stereocenters. The molecule has 0 heterocycles. The van der Waals surface area contributed by atoms with E-state index in [9.17, 15) is 4.79 Å². The molecule has 1 amide bonds. The summed E-state index contributed by atoms with van der Waals surface area (Å²) in [6.07, 6.45) is 8.48. The molecule has 0 aromatic carbocycles. The molecule has 4 heteroatoms. The number of thioether (sulfide) groups is 1. The lowest BCUT2D eigenvalue weighted by molar-refractivity contribution is -0.123. The molecular formula is C13H26N2OS. The van der Waals surface area contributed by atoms with Crippen molar-refractivity contribution in [3.8, 4) is 0 Å². The maximum absolute atomic E-state index is 11.8. The number of nitrogens with one attached hydrogen (secondary N) is 1. The molecule has 100 valence electrons. The van der Waals surface area contributed by atoms with Crippen LogP contribution < -0.4 is 11.1 Å². The van der Waals surface area contributed by atoms with Crippen molar-refractivity contribution >= 4 is 17.7 Å². The molecule has 0 aromatic heterocycles. The number of hydrogen-bond donors (Lipinski definition) is 2. The second-order valence-electron chi connectivity index (χ2n) is 5.44. The molecule has 1 rings (SSSR count). The minimum atomic E-state index is -0.377. The van der Waals surface area contributed by atoms with Crippen LogP contribution >= 0.6 is 11.8 Å². The van der Waals surface area contributed by atoms with Crippen LogP contribution in [0.3, 0.4) is 0 Å². The molecule has 1 saturated carbocycles. The summed E-state index contributed by atoms with van der Waals surface area (Å²) in [4.78, 5) is 11.8. The van der Waals surface area contributed by atoms with Crippen molar-refractivity contribution in [1.29, 1.82) is 0 Å². The molecule has 1 aliphatic carbocycles. The molecule has 3 nitrogen and oxygen atoms in total. The van der Waals surface area contributed by atoms with Crippen molar-refractivity contribution in [3.63, 3.8) is 0 Å². The van der Waals surface area contributed by atoms with E-state index in [0.29, 0.717) is 0 Å². The van der Waals surface area contributed by atoms with E-state index in [0.717, 1.165) is 6.54 Å².